The Morgan fingerprint density at radius 2 is 1.55 bits per heavy atom. The van der Waals surface area contributed by atoms with Crippen molar-refractivity contribution in [2.75, 3.05) is 32.9 Å². The summed E-state index contributed by atoms with van der Waals surface area (Å²) >= 11 is 0. The molecule has 87 heavy (non-hydrogen) atoms. The molecule has 5 heterocycles. The van der Waals surface area contributed by atoms with E-state index < -0.39 is 84.4 Å². The maximum Gasteiger partial charge on any atom is 0.343 e. The number of hydrogen-bond acceptors (Lipinski definition) is 14. The molecular weight excluding hydrogens is 1120 g/mol. The molecule has 0 saturated carbocycles. The first kappa shape index (κ1) is 65.1. The number of nitrogens with one attached hydrogen (secondary N) is 6. The Balaban J connectivity index is 0.789. The van der Waals surface area contributed by atoms with Crippen LogP contribution in [0.1, 0.15) is 169 Å². The Hall–Kier alpha value is -7.92. The number of halogens is 1. The fourth-order valence-electron chi connectivity index (χ4n) is 12.3. The van der Waals surface area contributed by atoms with Gasteiger partial charge in [0.25, 0.3) is 5.56 Å². The number of unbranched alkanes of at least 4 members (excludes halogenated alkanes) is 5. The summed E-state index contributed by atoms with van der Waals surface area (Å²) in [5, 5.41) is 28.3. The zero-order valence-electron chi connectivity index (χ0n) is 50.7. The number of rotatable bonds is 30. The lowest BCUT2D eigenvalue weighted by molar-refractivity contribution is -0.173. The standard InChI is InChI=1S/C64H82FN9O13/c1-7-10-11-17-24-64(85)43-28-49-58-41(34-74(49)60(82)42(43)35-86-62(64)84)57-46(23-22-40-38(5)45(65)30-47(72-58)56(40)57)70-51(76)26-37(4)87-36-69-53(78)32-68-59(81)48(27-39-19-14-12-15-20-39)71-54(79)33-67-52(77)31-66-50(75)21-16-13-18-25-73-55(80)29-44(61(73)83)63(6,8-2)9-3/h12,14-15,19-20,28,30,37,44,46,48,85H,7-11,13,16-18,21-27,29,31-36H2,1-6H3,(H,66,75)(H,67,77)(H,68,81)(H,69,78)(H,70,76)(H,71,79)/t37-,44?,46+,48+,64+/m1/s1. The topological polar surface area (TPSA) is 303 Å². The van der Waals surface area contributed by atoms with Crippen LogP contribution in [0.2, 0.25) is 0 Å². The summed E-state index contributed by atoms with van der Waals surface area (Å²) in [6, 6.07) is 10.1. The lowest BCUT2D eigenvalue weighted by atomic mass is 9.72. The third-order valence-electron chi connectivity index (χ3n) is 17.9. The van der Waals surface area contributed by atoms with Gasteiger partial charge in [0.15, 0.2) is 5.60 Å². The molecule has 4 aromatic rings. The Labute approximate surface area is 505 Å². The molecule has 23 heteroatoms. The van der Waals surface area contributed by atoms with Crippen molar-refractivity contribution in [3.63, 3.8) is 0 Å². The number of hydrogen-bond donors (Lipinski definition) is 7. The largest absolute Gasteiger partial charge is 0.458 e. The third kappa shape index (κ3) is 14.9. The number of nitrogens with zero attached hydrogens (tertiary/aromatic N) is 3. The van der Waals surface area contributed by atoms with Gasteiger partial charge in [-0.05, 0) is 98.9 Å². The van der Waals surface area contributed by atoms with Crippen LogP contribution in [0, 0.1) is 24.1 Å². The van der Waals surface area contributed by atoms with Gasteiger partial charge in [-0.1, -0.05) is 83.7 Å². The van der Waals surface area contributed by atoms with E-state index in [2.05, 4.69) is 38.8 Å². The molecule has 4 aliphatic rings. The monoisotopic (exact) mass is 1200 g/mol. The number of ether oxygens (including phenoxy) is 2. The van der Waals surface area contributed by atoms with E-state index in [1.165, 1.54) is 15.5 Å². The maximum atomic E-state index is 15.6. The number of imide groups is 1. The predicted molar refractivity (Wildman–Crippen MR) is 318 cm³/mol. The highest BCUT2D eigenvalue weighted by atomic mass is 19.1. The van der Waals surface area contributed by atoms with Crippen molar-refractivity contribution in [2.45, 2.75) is 181 Å². The Bertz CT molecular complexity index is 3370. The highest BCUT2D eigenvalue weighted by Gasteiger charge is 2.48. The van der Waals surface area contributed by atoms with E-state index in [0.29, 0.717) is 89.6 Å². The molecule has 3 aliphatic heterocycles. The van der Waals surface area contributed by atoms with Gasteiger partial charge in [-0.15, -0.1) is 0 Å². The number of amides is 8. The quantitative estimate of drug-likeness (QED) is 0.0139. The van der Waals surface area contributed by atoms with Crippen molar-refractivity contribution in [1.29, 1.82) is 0 Å². The fraction of sp³-hybridized carbons (Fsp3) is 0.547. The van der Waals surface area contributed by atoms with Gasteiger partial charge in [0.05, 0.1) is 73.1 Å². The summed E-state index contributed by atoms with van der Waals surface area (Å²) in [6.45, 7) is 9.85. The second-order valence-corrected chi connectivity index (χ2v) is 23.7. The number of cyclic esters (lactones) is 1. The number of carbonyl (C=O) groups is 9. The predicted octanol–water partition coefficient (Wildman–Crippen LogP) is 4.90. The minimum absolute atomic E-state index is 0.0496. The van der Waals surface area contributed by atoms with Gasteiger partial charge >= 0.3 is 5.97 Å². The number of aromatic nitrogens is 2. The highest BCUT2D eigenvalue weighted by molar-refractivity contribution is 6.04. The van der Waals surface area contributed by atoms with Gasteiger partial charge in [-0.2, -0.15) is 0 Å². The summed E-state index contributed by atoms with van der Waals surface area (Å²) in [7, 11) is 0. The van der Waals surface area contributed by atoms with Crippen LogP contribution in [0.15, 0.2) is 47.3 Å². The summed E-state index contributed by atoms with van der Waals surface area (Å²) in [5.74, 6) is -5.30. The number of aryl methyl sites for hydroxylation is 1. The smallest absolute Gasteiger partial charge is 0.343 e. The van der Waals surface area contributed by atoms with Crippen LogP contribution in [0.25, 0.3) is 22.3 Å². The molecule has 0 spiro atoms. The van der Waals surface area contributed by atoms with Crippen LogP contribution in [0.5, 0.6) is 0 Å². The average Bonchev–Trinajstić information content (AvgIpc) is 1.65. The first-order valence-electron chi connectivity index (χ1n) is 30.6. The molecule has 468 valence electrons. The maximum absolute atomic E-state index is 15.6. The van der Waals surface area contributed by atoms with Crippen molar-refractivity contribution in [3.8, 4) is 11.4 Å². The number of likely N-dealkylation sites (tertiary alicyclic amines) is 1. The molecule has 5 atom stereocenters. The summed E-state index contributed by atoms with van der Waals surface area (Å²) < 4.78 is 28.3. The number of fused-ring (bicyclic) bond motifs is 5. The summed E-state index contributed by atoms with van der Waals surface area (Å²) in [5.41, 5.74) is 2.00. The molecule has 1 unspecified atom stereocenters. The van der Waals surface area contributed by atoms with Gasteiger partial charge in [-0.3, -0.25) is 48.1 Å². The molecule has 8 rings (SSSR count). The molecule has 2 aromatic heterocycles. The Morgan fingerprint density at radius 1 is 0.851 bits per heavy atom. The second kappa shape index (κ2) is 28.7. The SMILES string of the molecule is CCCCCC[C@@]1(O)C(=O)OCc2c1cc1n(c2=O)Cc2c-1nc1cc(F)c(C)c3c1c2[C@@H](NC(=O)C[C@@H](C)OCNC(=O)CNC(=O)[C@H](Cc1ccccc1)NC(=O)CNC(=O)CNC(=O)CCCCCN1C(=O)CC(C(C)(CC)CC)C1=O)CC3. The average molecular weight is 1200 g/mol. The lowest BCUT2D eigenvalue weighted by Crippen LogP contribution is -2.52. The zero-order chi connectivity index (χ0) is 62.7. The Kier molecular flexibility index (Phi) is 21.5. The number of pyridine rings is 2. The van der Waals surface area contributed by atoms with Crippen LogP contribution in [0.3, 0.4) is 0 Å². The molecule has 1 aliphatic carbocycles. The third-order valence-corrected chi connectivity index (χ3v) is 17.9. The van der Waals surface area contributed by atoms with Crippen LogP contribution < -0.4 is 37.5 Å². The summed E-state index contributed by atoms with van der Waals surface area (Å²) in [4.78, 5) is 138. The molecule has 8 amide bonds. The minimum Gasteiger partial charge on any atom is -0.458 e. The van der Waals surface area contributed by atoms with Crippen LogP contribution in [-0.4, -0.2) is 118 Å². The van der Waals surface area contributed by atoms with E-state index in [1.54, 1.807) is 50.2 Å². The van der Waals surface area contributed by atoms with Crippen molar-refractivity contribution in [3.05, 3.63) is 97.6 Å². The second-order valence-electron chi connectivity index (χ2n) is 23.7. The fourth-order valence-corrected chi connectivity index (χ4v) is 12.3. The Morgan fingerprint density at radius 3 is 2.29 bits per heavy atom. The van der Waals surface area contributed by atoms with Gasteiger partial charge in [0.1, 0.15) is 25.2 Å². The minimum atomic E-state index is -2.04. The van der Waals surface area contributed by atoms with Gasteiger partial charge in [0.2, 0.25) is 47.3 Å². The van der Waals surface area contributed by atoms with Gasteiger partial charge in [0, 0.05) is 48.4 Å². The van der Waals surface area contributed by atoms with Crippen molar-refractivity contribution in [2.24, 2.45) is 11.3 Å². The molecule has 0 radical (unpaired) electrons. The molecular formula is C64H82FN9O13. The van der Waals surface area contributed by atoms with E-state index in [1.807, 2.05) is 20.8 Å². The van der Waals surface area contributed by atoms with Crippen molar-refractivity contribution in [1.82, 2.24) is 46.4 Å². The normalized spacial score (nSPS) is 18.3. The van der Waals surface area contributed by atoms with E-state index >= 15 is 4.39 Å². The molecule has 22 nitrogen and oxygen atoms in total. The lowest BCUT2D eigenvalue weighted by Gasteiger charge is -2.32. The van der Waals surface area contributed by atoms with Crippen LogP contribution >= 0.6 is 0 Å². The number of esters is 1. The molecule has 1 saturated heterocycles. The van der Waals surface area contributed by atoms with Crippen molar-refractivity contribution >= 4 is 64.1 Å². The first-order valence-corrected chi connectivity index (χ1v) is 30.6. The van der Waals surface area contributed by atoms with Gasteiger partial charge in [-0.25, -0.2) is 14.2 Å². The molecule has 2 aromatic carbocycles. The first-order chi connectivity index (χ1) is 41.6. The number of carbonyl (C=O) groups excluding carboxylic acids is 9. The number of benzene rings is 2. The van der Waals surface area contributed by atoms with Crippen LogP contribution in [-0.2, 0) is 84.2 Å². The van der Waals surface area contributed by atoms with Crippen LogP contribution in [0.4, 0.5) is 4.39 Å². The van der Waals surface area contributed by atoms with E-state index in [4.69, 9.17) is 14.5 Å². The van der Waals surface area contributed by atoms with E-state index in [-0.39, 0.29) is 98.1 Å². The van der Waals surface area contributed by atoms with E-state index in [0.717, 1.165) is 37.7 Å². The molecule has 7 N–H and O–H groups in total. The van der Waals surface area contributed by atoms with E-state index in [9.17, 15) is 53.1 Å². The highest BCUT2D eigenvalue weighted by Crippen LogP contribution is 2.47. The van der Waals surface area contributed by atoms with Crippen molar-refractivity contribution < 1.29 is 62.1 Å². The summed E-state index contributed by atoms with van der Waals surface area (Å²) in [6.07, 6.45) is 6.83. The molecule has 0 bridgehead atoms. The number of aliphatic hydroxyl groups is 1. The zero-order valence-corrected chi connectivity index (χ0v) is 50.7. The molecule has 1 fully saturated rings. The van der Waals surface area contributed by atoms with Gasteiger partial charge < -0.3 is 51.0 Å².